The molecule has 0 saturated carbocycles. The molecule has 78 valence electrons. The largest absolute Gasteiger partial charge is 0.373 e. The summed E-state index contributed by atoms with van der Waals surface area (Å²) in [6, 6.07) is 1.72. The molecule has 12 nitrogen and oxygen atoms in total. The van der Waals surface area contributed by atoms with E-state index in [0.717, 1.165) is 0 Å². The van der Waals surface area contributed by atoms with Gasteiger partial charge in [0.1, 0.15) is 0 Å². The fourth-order valence-electron chi connectivity index (χ4n) is 0.205. The predicted octanol–water partition coefficient (Wildman–Crippen LogP) is 2.47. The molecular weight excluding hydrogens is 204 g/mol. The molecule has 0 atom stereocenters. The molecule has 0 N–H and O–H groups in total. The standard InChI is InChI=1S/C3H3N3.3N3/c1-2-4-6-5-3-1;3*1-3-2/h1-3H;;;/q;3*-1. The minimum Gasteiger partial charge on any atom is -0.373 e. The van der Waals surface area contributed by atoms with E-state index in [4.69, 9.17) is 33.2 Å². The first kappa shape index (κ1) is 17.9. The van der Waals surface area contributed by atoms with Crippen molar-refractivity contribution in [3.63, 3.8) is 0 Å². The number of hydrogen-bond donors (Lipinski definition) is 0. The third-order valence-corrected chi connectivity index (χ3v) is 0.409. The van der Waals surface area contributed by atoms with Crippen LogP contribution in [0.5, 0.6) is 0 Å². The molecule has 0 aromatic carbocycles. The summed E-state index contributed by atoms with van der Waals surface area (Å²) in [5, 5.41) is 10.1. The summed E-state index contributed by atoms with van der Waals surface area (Å²) in [5.74, 6) is 0. The monoisotopic (exact) mass is 207 g/mol. The molecule has 0 radical (unpaired) electrons. The molecule has 0 aliphatic heterocycles. The molecule has 0 bridgehead atoms. The van der Waals surface area contributed by atoms with Crippen LogP contribution in [-0.4, -0.2) is 15.4 Å². The van der Waals surface area contributed by atoms with Crippen molar-refractivity contribution >= 4 is 0 Å². The van der Waals surface area contributed by atoms with Gasteiger partial charge in [-0.15, -0.1) is 10.2 Å². The van der Waals surface area contributed by atoms with Gasteiger partial charge in [0.25, 0.3) is 0 Å². The van der Waals surface area contributed by atoms with Gasteiger partial charge < -0.3 is 33.2 Å². The van der Waals surface area contributed by atoms with Crippen LogP contribution in [0.25, 0.3) is 47.9 Å². The van der Waals surface area contributed by atoms with E-state index in [1.165, 1.54) is 14.7 Å². The normalized spacial score (nSPS) is 4.80. The molecule has 0 fully saturated rings. The lowest BCUT2D eigenvalue weighted by Crippen LogP contribution is -1.78. The summed E-state index contributed by atoms with van der Waals surface area (Å²) < 4.78 is 0. The van der Waals surface area contributed by atoms with E-state index in [1.54, 1.807) is 18.5 Å². The van der Waals surface area contributed by atoms with Crippen LogP contribution in [0.2, 0.25) is 0 Å². The Morgan fingerprint density at radius 2 is 0.933 bits per heavy atom. The molecule has 1 rings (SSSR count). The maximum Gasteiger partial charge on any atom is 0.0529 e. The molecule has 0 unspecified atom stereocenters. The van der Waals surface area contributed by atoms with Gasteiger partial charge in [-0.2, -0.15) is 0 Å². The van der Waals surface area contributed by atoms with Crippen molar-refractivity contribution in [1.29, 1.82) is 0 Å². The van der Waals surface area contributed by atoms with E-state index in [1.807, 2.05) is 0 Å². The summed E-state index contributed by atoms with van der Waals surface area (Å²) in [4.78, 5) is 4.50. The number of rotatable bonds is 0. The number of hydrogen-bond acceptors (Lipinski definition) is 3. The van der Waals surface area contributed by atoms with Gasteiger partial charge in [-0.05, 0) is 11.3 Å². The third-order valence-electron chi connectivity index (χ3n) is 0.409. The SMILES string of the molecule is [N-]=[N+]=[N-].[N-]=[N+]=[N-].[N-]=[N+]=[N-].c1cnnnc1. The Morgan fingerprint density at radius 1 is 0.667 bits per heavy atom. The van der Waals surface area contributed by atoms with Crippen LogP contribution in [-0.2, 0) is 0 Å². The zero-order valence-electron chi connectivity index (χ0n) is 7.10. The minimum absolute atomic E-state index is 1.50. The van der Waals surface area contributed by atoms with E-state index in [9.17, 15) is 0 Å². The Bertz CT molecular complexity index is 242. The van der Waals surface area contributed by atoms with Gasteiger partial charge >= 0.3 is 0 Å². The Kier molecular flexibility index (Phi) is 36.5. The van der Waals surface area contributed by atoms with Gasteiger partial charge in [-0.25, -0.2) is 0 Å². The maximum atomic E-state index is 6.75. The molecule has 0 amide bonds. The summed E-state index contributed by atoms with van der Waals surface area (Å²) in [5.41, 5.74) is 40.5. The second-order valence-corrected chi connectivity index (χ2v) is 1.08. The first-order chi connectivity index (χ1) is 7.24. The smallest absolute Gasteiger partial charge is 0.0529 e. The Labute approximate surface area is 82.8 Å². The Morgan fingerprint density at radius 3 is 1.00 bits per heavy atom. The quantitative estimate of drug-likeness (QED) is 0.355. The van der Waals surface area contributed by atoms with Gasteiger partial charge in [0.15, 0.2) is 0 Å². The van der Waals surface area contributed by atoms with Crippen molar-refractivity contribution in [3.05, 3.63) is 66.4 Å². The second-order valence-electron chi connectivity index (χ2n) is 1.08. The van der Waals surface area contributed by atoms with Gasteiger partial charge in [0.05, 0.1) is 12.4 Å². The molecule has 15 heavy (non-hydrogen) atoms. The topological polar surface area (TPSA) is 215 Å². The highest BCUT2D eigenvalue weighted by molar-refractivity contribution is 4.69. The molecule has 1 aromatic heterocycles. The first-order valence-electron chi connectivity index (χ1n) is 2.78. The summed E-state index contributed by atoms with van der Waals surface area (Å²) in [6.45, 7) is 0. The van der Waals surface area contributed by atoms with Crippen molar-refractivity contribution < 1.29 is 0 Å². The van der Waals surface area contributed by atoms with Crippen molar-refractivity contribution in [3.8, 4) is 0 Å². The van der Waals surface area contributed by atoms with Gasteiger partial charge in [-0.1, -0.05) is 0 Å². The highest BCUT2D eigenvalue weighted by Gasteiger charge is 1.60. The Balaban J connectivity index is -0.000000140. The molecule has 0 spiro atoms. The van der Waals surface area contributed by atoms with Crippen LogP contribution in [0.3, 0.4) is 0 Å². The van der Waals surface area contributed by atoms with Crippen LogP contribution < -0.4 is 0 Å². The summed E-state index contributed by atoms with van der Waals surface area (Å²) >= 11 is 0. The van der Waals surface area contributed by atoms with E-state index in [-0.39, 0.29) is 0 Å². The fourth-order valence-corrected chi connectivity index (χ4v) is 0.205. The lowest BCUT2D eigenvalue weighted by Gasteiger charge is -1.68. The third kappa shape index (κ3) is 101. The van der Waals surface area contributed by atoms with Crippen LogP contribution in [0.4, 0.5) is 0 Å². The first-order valence-corrected chi connectivity index (χ1v) is 2.78. The van der Waals surface area contributed by atoms with Crippen LogP contribution in [0.15, 0.2) is 18.5 Å². The number of nitrogens with zero attached hydrogens (tertiary/aromatic N) is 12. The molecule has 0 aliphatic carbocycles. The fraction of sp³-hybridized carbons (Fsp3) is 0. The molecule has 0 saturated heterocycles. The van der Waals surface area contributed by atoms with Crippen LogP contribution in [0, 0.1) is 0 Å². The minimum atomic E-state index is 1.50. The molecular formula is C3H3N12-3. The van der Waals surface area contributed by atoms with E-state index in [2.05, 4.69) is 15.4 Å². The summed E-state index contributed by atoms with van der Waals surface area (Å²) in [7, 11) is 0. The lowest BCUT2D eigenvalue weighted by molar-refractivity contribution is 0.865. The lowest BCUT2D eigenvalue weighted by atomic mass is 10.7. The molecule has 0 aliphatic rings. The highest BCUT2D eigenvalue weighted by Crippen LogP contribution is 1.61. The van der Waals surface area contributed by atoms with Gasteiger partial charge in [0.2, 0.25) is 0 Å². The zero-order valence-corrected chi connectivity index (χ0v) is 7.10. The van der Waals surface area contributed by atoms with Crippen LogP contribution in [0.1, 0.15) is 0 Å². The average molecular weight is 207 g/mol. The summed E-state index contributed by atoms with van der Waals surface area (Å²) in [6.07, 6.45) is 3.15. The molecule has 12 heteroatoms. The second kappa shape index (κ2) is 30.6. The van der Waals surface area contributed by atoms with Crippen molar-refractivity contribution in [1.82, 2.24) is 15.4 Å². The van der Waals surface area contributed by atoms with E-state index >= 15 is 0 Å². The molecule has 1 aromatic rings. The van der Waals surface area contributed by atoms with Crippen LogP contribution >= 0.6 is 0 Å². The van der Waals surface area contributed by atoms with Crippen molar-refractivity contribution in [2.75, 3.05) is 0 Å². The maximum absolute atomic E-state index is 6.75. The van der Waals surface area contributed by atoms with E-state index in [0.29, 0.717) is 0 Å². The van der Waals surface area contributed by atoms with Crippen molar-refractivity contribution in [2.45, 2.75) is 0 Å². The van der Waals surface area contributed by atoms with Gasteiger partial charge in [-0.3, -0.25) is 14.7 Å². The average Bonchev–Trinajstić information content (AvgIpc) is 2.24. The highest BCUT2D eigenvalue weighted by atomic mass is 15.3. The van der Waals surface area contributed by atoms with E-state index < -0.39 is 0 Å². The predicted molar refractivity (Wildman–Crippen MR) is 50.1 cm³/mol. The Hall–Kier alpha value is -3.06. The van der Waals surface area contributed by atoms with Crippen molar-refractivity contribution in [2.24, 2.45) is 0 Å². The molecule has 1 heterocycles. The zero-order chi connectivity index (χ0) is 12.4. The van der Waals surface area contributed by atoms with Gasteiger partial charge in [0, 0.05) is 0 Å². The number of aromatic nitrogens is 3.